The summed E-state index contributed by atoms with van der Waals surface area (Å²) in [6, 6.07) is 33.1. The third-order valence-electron chi connectivity index (χ3n) is 11.8. The van der Waals surface area contributed by atoms with E-state index in [1.807, 2.05) is 0 Å². The van der Waals surface area contributed by atoms with Crippen molar-refractivity contribution >= 4 is 12.2 Å². The van der Waals surface area contributed by atoms with Gasteiger partial charge < -0.3 is 24.8 Å². The molecule has 1 saturated heterocycles. The van der Waals surface area contributed by atoms with E-state index in [1.165, 1.54) is 71.9 Å². The van der Waals surface area contributed by atoms with E-state index in [-0.39, 0.29) is 24.8 Å². The average Bonchev–Trinajstić information content (AvgIpc) is 3.32. The number of rotatable bonds is 6. The fourth-order valence-electron chi connectivity index (χ4n) is 9.93. The Kier molecular flexibility index (Phi) is 9.30. The molecule has 45 heavy (non-hydrogen) atoms. The van der Waals surface area contributed by atoms with Gasteiger partial charge in [0.25, 0.3) is 0 Å². The molecule has 1 aliphatic heterocycles. The van der Waals surface area contributed by atoms with Crippen LogP contribution in [0, 0.1) is 13.8 Å². The first-order chi connectivity index (χ1) is 21.1. The summed E-state index contributed by atoms with van der Waals surface area (Å²) in [5.74, 6) is 0. The summed E-state index contributed by atoms with van der Waals surface area (Å²) < 4.78 is 3.51. The van der Waals surface area contributed by atoms with Crippen LogP contribution in [0.5, 0.6) is 0 Å². The normalized spacial score (nSPS) is 24.2. The summed E-state index contributed by atoms with van der Waals surface area (Å²) >= 11 is -3.13. The molecule has 4 aromatic rings. The van der Waals surface area contributed by atoms with Crippen molar-refractivity contribution in [3.05, 3.63) is 129 Å². The van der Waals surface area contributed by atoms with E-state index in [0.717, 1.165) is 14.7 Å². The van der Waals surface area contributed by atoms with Crippen molar-refractivity contribution in [2.45, 2.75) is 80.9 Å². The zero-order valence-electron chi connectivity index (χ0n) is 27.0. The maximum atomic E-state index is 2.68. The predicted octanol–water partition coefficient (Wildman–Crippen LogP) is 6.36. The predicted molar refractivity (Wildman–Crippen MR) is 181 cm³/mol. The van der Waals surface area contributed by atoms with E-state index in [0.29, 0.717) is 0 Å². The van der Waals surface area contributed by atoms with Gasteiger partial charge in [0.05, 0.1) is 0 Å². The first-order valence-corrected chi connectivity index (χ1v) is 25.2. The second kappa shape index (κ2) is 12.8. The van der Waals surface area contributed by atoms with Gasteiger partial charge in [-0.25, -0.2) is 0 Å². The van der Waals surface area contributed by atoms with Gasteiger partial charge >= 0.3 is 265 Å². The number of halogens is 2. The number of allylic oxidation sites excluding steroid dienone is 2. The van der Waals surface area contributed by atoms with Crippen LogP contribution in [-0.4, -0.2) is 0 Å². The molecule has 3 heteroatoms. The second-order valence-electron chi connectivity index (χ2n) is 13.9. The van der Waals surface area contributed by atoms with Crippen LogP contribution < -0.4 is 24.8 Å². The molecule has 1 saturated carbocycles. The third kappa shape index (κ3) is 5.03. The van der Waals surface area contributed by atoms with Crippen molar-refractivity contribution < 1.29 is 44.8 Å². The van der Waals surface area contributed by atoms with E-state index in [2.05, 4.69) is 125 Å². The third-order valence-corrected chi connectivity index (χ3v) is 36.7. The van der Waals surface area contributed by atoms with Gasteiger partial charge in [0, 0.05) is 0 Å². The van der Waals surface area contributed by atoms with Gasteiger partial charge in [0.1, 0.15) is 0 Å². The van der Waals surface area contributed by atoms with Gasteiger partial charge in [0.2, 0.25) is 0 Å². The monoisotopic (exact) mass is 798 g/mol. The van der Waals surface area contributed by atoms with Gasteiger partial charge in [-0.15, -0.1) is 0 Å². The Morgan fingerprint density at radius 2 is 0.956 bits per heavy atom. The minimum atomic E-state index is -3.13. The first-order valence-electron chi connectivity index (χ1n) is 16.9. The first kappa shape index (κ1) is 32.7. The van der Waals surface area contributed by atoms with Gasteiger partial charge in [0.15, 0.2) is 0 Å². The second-order valence-corrected chi connectivity index (χ2v) is 30.5. The number of aryl methyl sites for hydroxylation is 2. The Hall–Kier alpha value is -2.19. The summed E-state index contributed by atoms with van der Waals surface area (Å²) in [4.78, 5) is 0. The largest absolute Gasteiger partial charge is 1.00 e. The number of hydrogen-bond acceptors (Lipinski definition) is 0. The standard InChI is InChI=1S/2C18H17.C6H10.2ClH.Hf/c2*1-3-14-11-16-5-4-6-17(18(16)12-14)15-9-7-13(2)8-10-15;1-2-4-6-5-3-1;;;/h2*4-12H,3H2,1-2H3;1-2H,3-6H2;2*1H;/q;;;;;+2/p-2. The molecule has 1 heterocycles. The molecule has 0 radical (unpaired) electrons. The van der Waals surface area contributed by atoms with Crippen LogP contribution in [0.1, 0.15) is 93.1 Å². The molecule has 4 aliphatic rings. The SMILES string of the molecule is CCC1=Cc2c(-c3ccc(C)cc3)cccc2[CH]1[Hf+2]1([CH]2C(CC)=Cc3c(-c4ccc(C)cc4)cccc32)[CH]2CCCC[CH]21.[Cl-].[Cl-]. The smallest absolute Gasteiger partial charge is 1.00 e. The molecule has 2 fully saturated rings. The number of benzene rings is 4. The van der Waals surface area contributed by atoms with E-state index < -0.39 is 20.0 Å². The van der Waals surface area contributed by atoms with Crippen LogP contribution in [0.15, 0.2) is 96.1 Å². The van der Waals surface area contributed by atoms with Gasteiger partial charge in [-0.05, 0) is 0 Å². The van der Waals surface area contributed by atoms with Crippen molar-refractivity contribution in [2.75, 3.05) is 0 Å². The minimum Gasteiger partial charge on any atom is -1.00 e. The molecule has 0 bridgehead atoms. The van der Waals surface area contributed by atoms with Crippen LogP contribution in [0.3, 0.4) is 0 Å². The topological polar surface area (TPSA) is 0 Å². The maximum absolute atomic E-state index is 3.13. The van der Waals surface area contributed by atoms with Crippen molar-refractivity contribution in [1.29, 1.82) is 0 Å². The molecule has 0 spiro atoms. The Morgan fingerprint density at radius 3 is 1.33 bits per heavy atom. The molecule has 0 amide bonds. The van der Waals surface area contributed by atoms with Crippen LogP contribution >= 0.6 is 0 Å². The zero-order valence-corrected chi connectivity index (χ0v) is 32.2. The van der Waals surface area contributed by atoms with Gasteiger partial charge in [-0.3, -0.25) is 0 Å². The molecule has 8 rings (SSSR count). The van der Waals surface area contributed by atoms with E-state index in [1.54, 1.807) is 33.4 Å². The van der Waals surface area contributed by atoms with Crippen molar-refractivity contribution in [2.24, 2.45) is 0 Å². The van der Waals surface area contributed by atoms with E-state index in [4.69, 9.17) is 0 Å². The molecule has 4 unspecified atom stereocenters. The molecule has 3 aliphatic carbocycles. The average molecular weight is 798 g/mol. The summed E-state index contributed by atoms with van der Waals surface area (Å²) in [7, 11) is 0. The van der Waals surface area contributed by atoms with Gasteiger partial charge in [-0.1, -0.05) is 0 Å². The fraction of sp³-hybridized carbons (Fsp3) is 0.333. The van der Waals surface area contributed by atoms with E-state index >= 15 is 0 Å². The molecule has 4 atom stereocenters. The Bertz CT molecular complexity index is 1650. The summed E-state index contributed by atoms with van der Waals surface area (Å²) in [6.45, 7) is 9.28. The van der Waals surface area contributed by atoms with Crippen LogP contribution in [0.25, 0.3) is 34.4 Å². The Balaban J connectivity index is 0.00000179. The molecule has 4 aromatic carbocycles. The van der Waals surface area contributed by atoms with Crippen molar-refractivity contribution in [1.82, 2.24) is 0 Å². The van der Waals surface area contributed by atoms with Crippen molar-refractivity contribution in [3.8, 4) is 22.3 Å². The molecule has 0 N–H and O–H groups in total. The summed E-state index contributed by atoms with van der Waals surface area (Å²) in [5.41, 5.74) is 18.3. The van der Waals surface area contributed by atoms with E-state index in [9.17, 15) is 0 Å². The fourth-order valence-corrected chi connectivity index (χ4v) is 45.8. The molecular formula is C42H44Cl2Hf. The maximum Gasteiger partial charge on any atom is -1.00 e. The molecule has 230 valence electrons. The van der Waals surface area contributed by atoms with Crippen molar-refractivity contribution in [3.63, 3.8) is 0 Å². The quantitative estimate of drug-likeness (QED) is 0.200. The summed E-state index contributed by atoms with van der Waals surface area (Å²) in [6.07, 6.45) is 13.6. The van der Waals surface area contributed by atoms with Crippen LogP contribution in [-0.2, 0) is 20.0 Å². The zero-order chi connectivity index (χ0) is 29.3. The van der Waals surface area contributed by atoms with Crippen LogP contribution in [0.2, 0.25) is 7.35 Å². The number of fused-ring (bicyclic) bond motifs is 3. The Labute approximate surface area is 287 Å². The van der Waals surface area contributed by atoms with Crippen LogP contribution in [0.4, 0.5) is 0 Å². The minimum absolute atomic E-state index is 0. The molecule has 0 aromatic heterocycles. The van der Waals surface area contributed by atoms with Gasteiger partial charge in [-0.2, -0.15) is 0 Å². The molecular weight excluding hydrogens is 754 g/mol. The summed E-state index contributed by atoms with van der Waals surface area (Å²) in [5, 5.41) is 0. The number of hydrogen-bond donors (Lipinski definition) is 0. The Morgan fingerprint density at radius 1 is 0.556 bits per heavy atom. The molecule has 0 nitrogen and oxygen atoms in total.